The molecule has 1 aromatic rings. The van der Waals surface area contributed by atoms with E-state index in [1.54, 1.807) is 0 Å². The normalized spacial score (nSPS) is 13.1. The summed E-state index contributed by atoms with van der Waals surface area (Å²) in [6.45, 7) is 6.22. The molecule has 16 heavy (non-hydrogen) atoms. The molecule has 1 aromatic heterocycles. The molecular weight excluding hydrogens is 198 g/mol. The van der Waals surface area contributed by atoms with Gasteiger partial charge in [0.2, 0.25) is 0 Å². The van der Waals surface area contributed by atoms with E-state index in [0.717, 1.165) is 30.9 Å². The van der Waals surface area contributed by atoms with Crippen LogP contribution in [-0.4, -0.2) is 36.6 Å². The third-order valence-electron chi connectivity index (χ3n) is 2.81. The molecule has 3 heteroatoms. The second-order valence-corrected chi connectivity index (χ2v) is 4.36. The van der Waals surface area contributed by atoms with Gasteiger partial charge in [-0.05, 0) is 39.6 Å². The third kappa shape index (κ3) is 4.29. The standard InChI is InChI=1S/C13H23N3/c1-5-12(14-3)9-16(4)10-13-8-6-7-11(2)15-13/h6-8,12,14H,5,9-10H2,1-4H3. The van der Waals surface area contributed by atoms with Gasteiger partial charge in [-0.3, -0.25) is 9.88 Å². The van der Waals surface area contributed by atoms with Crippen molar-refractivity contribution in [2.75, 3.05) is 20.6 Å². The van der Waals surface area contributed by atoms with Crippen LogP contribution in [0.15, 0.2) is 18.2 Å². The SMILES string of the molecule is CCC(CN(C)Cc1cccc(C)n1)NC. The number of nitrogens with zero attached hydrogens (tertiary/aromatic N) is 2. The van der Waals surface area contributed by atoms with Crippen molar-refractivity contribution in [2.45, 2.75) is 32.9 Å². The van der Waals surface area contributed by atoms with Gasteiger partial charge in [0.15, 0.2) is 0 Å². The van der Waals surface area contributed by atoms with Crippen molar-refractivity contribution in [3.8, 4) is 0 Å². The second kappa shape index (κ2) is 6.61. The maximum absolute atomic E-state index is 4.51. The molecule has 0 saturated carbocycles. The van der Waals surface area contributed by atoms with Gasteiger partial charge in [0, 0.05) is 24.8 Å². The first-order valence-corrected chi connectivity index (χ1v) is 5.94. The van der Waals surface area contributed by atoms with E-state index < -0.39 is 0 Å². The lowest BCUT2D eigenvalue weighted by Gasteiger charge is -2.22. The van der Waals surface area contributed by atoms with Crippen LogP contribution in [0.5, 0.6) is 0 Å². The van der Waals surface area contributed by atoms with Gasteiger partial charge in [0.05, 0.1) is 5.69 Å². The zero-order valence-electron chi connectivity index (χ0n) is 10.8. The summed E-state index contributed by atoms with van der Waals surface area (Å²) in [6.07, 6.45) is 1.15. The van der Waals surface area contributed by atoms with Crippen LogP contribution in [0.3, 0.4) is 0 Å². The smallest absolute Gasteiger partial charge is 0.0547 e. The highest BCUT2D eigenvalue weighted by atomic mass is 15.1. The van der Waals surface area contributed by atoms with E-state index in [9.17, 15) is 0 Å². The van der Waals surface area contributed by atoms with Gasteiger partial charge in [-0.2, -0.15) is 0 Å². The van der Waals surface area contributed by atoms with E-state index in [2.05, 4.69) is 41.3 Å². The zero-order chi connectivity index (χ0) is 12.0. The molecule has 1 unspecified atom stereocenters. The number of hydrogen-bond donors (Lipinski definition) is 1. The summed E-state index contributed by atoms with van der Waals surface area (Å²) in [5.41, 5.74) is 2.24. The summed E-state index contributed by atoms with van der Waals surface area (Å²) in [4.78, 5) is 6.82. The van der Waals surface area contributed by atoms with Crippen LogP contribution < -0.4 is 5.32 Å². The monoisotopic (exact) mass is 221 g/mol. The van der Waals surface area contributed by atoms with Crippen LogP contribution in [0.25, 0.3) is 0 Å². The molecule has 0 fully saturated rings. The Labute approximate surface area is 98.9 Å². The third-order valence-corrected chi connectivity index (χ3v) is 2.81. The number of likely N-dealkylation sites (N-methyl/N-ethyl adjacent to an activating group) is 2. The van der Waals surface area contributed by atoms with E-state index >= 15 is 0 Å². The summed E-state index contributed by atoms with van der Waals surface area (Å²) in [6, 6.07) is 6.76. The average Bonchev–Trinajstić information content (AvgIpc) is 2.26. The van der Waals surface area contributed by atoms with Crippen LogP contribution in [0.4, 0.5) is 0 Å². The first-order valence-electron chi connectivity index (χ1n) is 5.94. The molecule has 0 spiro atoms. The summed E-state index contributed by atoms with van der Waals surface area (Å²) in [7, 11) is 4.16. The molecule has 0 saturated heterocycles. The van der Waals surface area contributed by atoms with Crippen molar-refractivity contribution in [3.63, 3.8) is 0 Å². The molecule has 0 amide bonds. The largest absolute Gasteiger partial charge is 0.316 e. The number of aryl methyl sites for hydroxylation is 1. The molecule has 0 aliphatic heterocycles. The van der Waals surface area contributed by atoms with Crippen molar-refractivity contribution in [1.82, 2.24) is 15.2 Å². The van der Waals surface area contributed by atoms with Crippen LogP contribution in [-0.2, 0) is 6.54 Å². The molecular formula is C13H23N3. The quantitative estimate of drug-likeness (QED) is 0.794. The maximum atomic E-state index is 4.51. The molecule has 1 rings (SSSR count). The Kier molecular flexibility index (Phi) is 5.43. The Morgan fingerprint density at radius 3 is 2.75 bits per heavy atom. The summed E-state index contributed by atoms with van der Waals surface area (Å²) in [5.74, 6) is 0. The number of aromatic nitrogens is 1. The van der Waals surface area contributed by atoms with Crippen molar-refractivity contribution in [3.05, 3.63) is 29.6 Å². The Morgan fingerprint density at radius 1 is 1.44 bits per heavy atom. The molecule has 1 heterocycles. The fourth-order valence-electron chi connectivity index (χ4n) is 1.83. The molecule has 1 atom stereocenters. The van der Waals surface area contributed by atoms with Gasteiger partial charge >= 0.3 is 0 Å². The van der Waals surface area contributed by atoms with E-state index in [-0.39, 0.29) is 0 Å². The predicted molar refractivity (Wildman–Crippen MR) is 68.4 cm³/mol. The van der Waals surface area contributed by atoms with E-state index in [1.807, 2.05) is 20.0 Å². The van der Waals surface area contributed by atoms with Crippen LogP contribution in [0.1, 0.15) is 24.7 Å². The Balaban J connectivity index is 2.47. The van der Waals surface area contributed by atoms with E-state index in [1.165, 1.54) is 0 Å². The lowest BCUT2D eigenvalue weighted by Crippen LogP contribution is -2.36. The fraction of sp³-hybridized carbons (Fsp3) is 0.615. The topological polar surface area (TPSA) is 28.2 Å². The minimum atomic E-state index is 0.565. The van der Waals surface area contributed by atoms with E-state index in [0.29, 0.717) is 6.04 Å². The summed E-state index contributed by atoms with van der Waals surface area (Å²) >= 11 is 0. The number of rotatable bonds is 6. The first-order chi connectivity index (χ1) is 7.65. The zero-order valence-corrected chi connectivity index (χ0v) is 10.8. The van der Waals surface area contributed by atoms with Gasteiger partial charge in [0.25, 0.3) is 0 Å². The predicted octanol–water partition coefficient (Wildman–Crippen LogP) is 1.82. The van der Waals surface area contributed by atoms with Crippen LogP contribution >= 0.6 is 0 Å². The van der Waals surface area contributed by atoms with E-state index in [4.69, 9.17) is 0 Å². The van der Waals surface area contributed by atoms with Gasteiger partial charge in [-0.25, -0.2) is 0 Å². The summed E-state index contributed by atoms with van der Waals surface area (Å²) in [5, 5.41) is 3.32. The Bertz CT molecular complexity index is 308. The number of pyridine rings is 1. The maximum Gasteiger partial charge on any atom is 0.0547 e. The molecule has 0 radical (unpaired) electrons. The average molecular weight is 221 g/mol. The Hall–Kier alpha value is -0.930. The van der Waals surface area contributed by atoms with Gasteiger partial charge < -0.3 is 5.32 Å². The van der Waals surface area contributed by atoms with Crippen LogP contribution in [0.2, 0.25) is 0 Å². The molecule has 3 nitrogen and oxygen atoms in total. The summed E-state index contributed by atoms with van der Waals surface area (Å²) < 4.78 is 0. The Morgan fingerprint density at radius 2 is 2.19 bits per heavy atom. The van der Waals surface area contributed by atoms with Crippen molar-refractivity contribution in [1.29, 1.82) is 0 Å². The van der Waals surface area contributed by atoms with Gasteiger partial charge in [-0.15, -0.1) is 0 Å². The second-order valence-electron chi connectivity index (χ2n) is 4.36. The first kappa shape index (κ1) is 13.1. The van der Waals surface area contributed by atoms with Crippen molar-refractivity contribution in [2.24, 2.45) is 0 Å². The number of nitrogens with one attached hydrogen (secondary N) is 1. The fourth-order valence-corrected chi connectivity index (χ4v) is 1.83. The minimum absolute atomic E-state index is 0.565. The molecule has 0 aliphatic carbocycles. The number of hydrogen-bond acceptors (Lipinski definition) is 3. The van der Waals surface area contributed by atoms with Gasteiger partial charge in [-0.1, -0.05) is 13.0 Å². The highest BCUT2D eigenvalue weighted by Crippen LogP contribution is 2.03. The lowest BCUT2D eigenvalue weighted by atomic mass is 10.2. The minimum Gasteiger partial charge on any atom is -0.316 e. The van der Waals surface area contributed by atoms with Crippen LogP contribution in [0, 0.1) is 6.92 Å². The van der Waals surface area contributed by atoms with Crippen molar-refractivity contribution >= 4 is 0 Å². The molecule has 0 bridgehead atoms. The van der Waals surface area contributed by atoms with Crippen molar-refractivity contribution < 1.29 is 0 Å². The highest BCUT2D eigenvalue weighted by Gasteiger charge is 2.08. The molecule has 0 aliphatic rings. The molecule has 1 N–H and O–H groups in total. The highest BCUT2D eigenvalue weighted by molar-refractivity contribution is 5.09. The lowest BCUT2D eigenvalue weighted by molar-refractivity contribution is 0.281. The molecule has 90 valence electrons. The molecule has 0 aromatic carbocycles. The van der Waals surface area contributed by atoms with Gasteiger partial charge in [0.1, 0.15) is 0 Å².